The van der Waals surface area contributed by atoms with Gasteiger partial charge in [0, 0.05) is 38.6 Å². The highest BCUT2D eigenvalue weighted by molar-refractivity contribution is 7.87. The van der Waals surface area contributed by atoms with Gasteiger partial charge in [-0.2, -0.15) is 17.4 Å². The Morgan fingerprint density at radius 1 is 1.17 bits per heavy atom. The van der Waals surface area contributed by atoms with Crippen LogP contribution < -0.4 is 4.72 Å². The zero-order chi connectivity index (χ0) is 16.4. The van der Waals surface area contributed by atoms with E-state index in [1.165, 1.54) is 16.4 Å². The summed E-state index contributed by atoms with van der Waals surface area (Å²) in [6.07, 6.45) is 1.91. The summed E-state index contributed by atoms with van der Waals surface area (Å²) < 4.78 is 41.5. The van der Waals surface area contributed by atoms with Crippen LogP contribution in [0.1, 0.15) is 24.8 Å². The SMILES string of the molecule is O=C1C[C@H](NS(=O)(=O)N2CCCC2)CN1Cc1ccc(F)cc1. The minimum absolute atomic E-state index is 0.0940. The topological polar surface area (TPSA) is 69.7 Å². The van der Waals surface area contributed by atoms with Crippen molar-refractivity contribution in [2.45, 2.75) is 31.8 Å². The molecular formula is C15H20FN3O3S. The molecule has 0 radical (unpaired) electrons. The van der Waals surface area contributed by atoms with Crippen molar-refractivity contribution < 1.29 is 17.6 Å². The minimum atomic E-state index is -3.51. The average Bonchev–Trinajstić information content (AvgIpc) is 3.12. The highest BCUT2D eigenvalue weighted by Crippen LogP contribution is 2.18. The Bertz CT molecular complexity index is 672. The number of likely N-dealkylation sites (tertiary alicyclic amines) is 1. The number of carbonyl (C=O) groups is 1. The first-order valence-corrected chi connectivity index (χ1v) is 9.18. The van der Waals surface area contributed by atoms with Crippen molar-refractivity contribution in [2.24, 2.45) is 0 Å². The molecule has 0 spiro atoms. The molecule has 1 aromatic carbocycles. The molecule has 2 heterocycles. The molecule has 23 heavy (non-hydrogen) atoms. The van der Waals surface area contributed by atoms with Gasteiger partial charge in [-0.3, -0.25) is 4.79 Å². The lowest BCUT2D eigenvalue weighted by atomic mass is 10.2. The number of benzene rings is 1. The van der Waals surface area contributed by atoms with Crippen LogP contribution in [0, 0.1) is 5.82 Å². The maximum Gasteiger partial charge on any atom is 0.279 e. The second kappa shape index (κ2) is 6.54. The number of carbonyl (C=O) groups excluding carboxylic acids is 1. The van der Waals surface area contributed by atoms with Crippen molar-refractivity contribution in [3.05, 3.63) is 35.6 Å². The molecule has 2 aliphatic rings. The average molecular weight is 341 g/mol. The van der Waals surface area contributed by atoms with E-state index in [4.69, 9.17) is 0 Å². The molecule has 126 valence electrons. The second-order valence-electron chi connectivity index (χ2n) is 6.03. The van der Waals surface area contributed by atoms with Crippen LogP contribution in [0.3, 0.4) is 0 Å². The second-order valence-corrected chi connectivity index (χ2v) is 7.73. The molecule has 8 heteroatoms. The minimum Gasteiger partial charge on any atom is -0.337 e. The van der Waals surface area contributed by atoms with E-state index in [0.29, 0.717) is 26.2 Å². The van der Waals surface area contributed by atoms with E-state index in [1.807, 2.05) is 0 Å². The quantitative estimate of drug-likeness (QED) is 0.863. The summed E-state index contributed by atoms with van der Waals surface area (Å²) in [5.74, 6) is -0.416. The lowest BCUT2D eigenvalue weighted by Gasteiger charge is -2.20. The van der Waals surface area contributed by atoms with Gasteiger partial charge < -0.3 is 4.90 Å². The Labute approximate surface area is 135 Å². The fourth-order valence-electron chi connectivity index (χ4n) is 3.03. The van der Waals surface area contributed by atoms with E-state index in [1.54, 1.807) is 17.0 Å². The Morgan fingerprint density at radius 3 is 2.48 bits per heavy atom. The van der Waals surface area contributed by atoms with Crippen LogP contribution in [-0.2, 0) is 21.5 Å². The summed E-state index contributed by atoms with van der Waals surface area (Å²) in [5.41, 5.74) is 0.822. The standard InChI is InChI=1S/C15H20FN3O3S/c16-13-5-3-12(4-6-13)10-18-11-14(9-15(18)20)17-23(21,22)19-7-1-2-8-19/h3-6,14,17H,1-2,7-11H2/t14-/m0/s1. The zero-order valence-electron chi connectivity index (χ0n) is 12.7. The maximum absolute atomic E-state index is 12.9. The van der Waals surface area contributed by atoms with Crippen LogP contribution in [0.5, 0.6) is 0 Å². The van der Waals surface area contributed by atoms with Crippen LogP contribution in [0.25, 0.3) is 0 Å². The van der Waals surface area contributed by atoms with E-state index >= 15 is 0 Å². The molecule has 6 nitrogen and oxygen atoms in total. The number of amides is 1. The fourth-order valence-corrected chi connectivity index (χ4v) is 4.49. The fraction of sp³-hybridized carbons (Fsp3) is 0.533. The normalized spacial score (nSPS) is 22.9. The van der Waals surface area contributed by atoms with Crippen molar-refractivity contribution in [1.29, 1.82) is 0 Å². The van der Waals surface area contributed by atoms with Crippen molar-refractivity contribution in [3.8, 4) is 0 Å². The van der Waals surface area contributed by atoms with Crippen molar-refractivity contribution in [2.75, 3.05) is 19.6 Å². The van der Waals surface area contributed by atoms with Crippen LogP contribution in [0.2, 0.25) is 0 Å². The lowest BCUT2D eigenvalue weighted by molar-refractivity contribution is -0.128. The summed E-state index contributed by atoms with van der Waals surface area (Å²) in [6.45, 7) is 1.77. The van der Waals surface area contributed by atoms with E-state index in [0.717, 1.165) is 18.4 Å². The number of hydrogen-bond acceptors (Lipinski definition) is 3. The molecule has 0 bridgehead atoms. The molecule has 1 amide bonds. The molecule has 0 aromatic heterocycles. The Morgan fingerprint density at radius 2 is 1.83 bits per heavy atom. The van der Waals surface area contributed by atoms with Gasteiger partial charge in [0.2, 0.25) is 5.91 Å². The third-order valence-corrected chi connectivity index (χ3v) is 5.90. The van der Waals surface area contributed by atoms with E-state index in [2.05, 4.69) is 4.72 Å². The number of rotatable bonds is 5. The largest absolute Gasteiger partial charge is 0.337 e. The van der Waals surface area contributed by atoms with Crippen molar-refractivity contribution in [1.82, 2.24) is 13.9 Å². The molecule has 2 aliphatic heterocycles. The van der Waals surface area contributed by atoms with Gasteiger partial charge in [-0.25, -0.2) is 4.39 Å². The van der Waals surface area contributed by atoms with Crippen molar-refractivity contribution >= 4 is 16.1 Å². The van der Waals surface area contributed by atoms with Gasteiger partial charge in [0.25, 0.3) is 10.2 Å². The van der Waals surface area contributed by atoms with Gasteiger partial charge in [-0.15, -0.1) is 0 Å². The van der Waals surface area contributed by atoms with E-state index in [-0.39, 0.29) is 18.1 Å². The first kappa shape index (κ1) is 16.4. The zero-order valence-corrected chi connectivity index (χ0v) is 13.6. The lowest BCUT2D eigenvalue weighted by Crippen LogP contribution is -2.45. The van der Waals surface area contributed by atoms with Gasteiger partial charge in [0.05, 0.1) is 0 Å². The summed E-state index contributed by atoms with van der Waals surface area (Å²) in [5, 5.41) is 0. The predicted molar refractivity (Wildman–Crippen MR) is 83.1 cm³/mol. The number of hydrogen-bond donors (Lipinski definition) is 1. The summed E-state index contributed by atoms with van der Waals surface area (Å²) in [4.78, 5) is 13.7. The van der Waals surface area contributed by atoms with Crippen LogP contribution in [0.15, 0.2) is 24.3 Å². The molecule has 3 rings (SSSR count). The summed E-state index contributed by atoms with van der Waals surface area (Å²) >= 11 is 0. The number of nitrogens with one attached hydrogen (secondary N) is 1. The number of nitrogens with zero attached hydrogens (tertiary/aromatic N) is 2. The predicted octanol–water partition coefficient (Wildman–Crippen LogP) is 0.857. The molecule has 0 aliphatic carbocycles. The Balaban J connectivity index is 1.59. The van der Waals surface area contributed by atoms with Crippen molar-refractivity contribution in [3.63, 3.8) is 0 Å². The third-order valence-electron chi connectivity index (χ3n) is 4.22. The van der Waals surface area contributed by atoms with Gasteiger partial charge in [0.1, 0.15) is 5.82 Å². The highest BCUT2D eigenvalue weighted by atomic mass is 32.2. The molecule has 1 N–H and O–H groups in total. The Hall–Kier alpha value is -1.51. The monoisotopic (exact) mass is 341 g/mol. The summed E-state index contributed by atoms with van der Waals surface area (Å²) in [7, 11) is -3.51. The van der Waals surface area contributed by atoms with Gasteiger partial charge >= 0.3 is 0 Å². The molecule has 2 fully saturated rings. The first-order valence-electron chi connectivity index (χ1n) is 7.74. The van der Waals surface area contributed by atoms with E-state index < -0.39 is 16.3 Å². The Kier molecular flexibility index (Phi) is 4.65. The van der Waals surface area contributed by atoms with E-state index in [9.17, 15) is 17.6 Å². The molecule has 1 aromatic rings. The maximum atomic E-state index is 12.9. The smallest absolute Gasteiger partial charge is 0.279 e. The molecule has 0 saturated carbocycles. The highest BCUT2D eigenvalue weighted by Gasteiger charge is 2.34. The van der Waals surface area contributed by atoms with Crippen LogP contribution >= 0.6 is 0 Å². The van der Waals surface area contributed by atoms with Crippen LogP contribution in [-0.4, -0.2) is 49.2 Å². The molecular weight excluding hydrogens is 321 g/mol. The first-order chi connectivity index (χ1) is 10.9. The molecule has 0 unspecified atom stereocenters. The molecule has 1 atom stereocenters. The number of halogens is 1. The summed E-state index contributed by atoms with van der Waals surface area (Å²) in [6, 6.07) is 5.55. The van der Waals surface area contributed by atoms with Gasteiger partial charge in [0.15, 0.2) is 0 Å². The van der Waals surface area contributed by atoms with Gasteiger partial charge in [-0.1, -0.05) is 12.1 Å². The third kappa shape index (κ3) is 3.88. The van der Waals surface area contributed by atoms with Gasteiger partial charge in [-0.05, 0) is 30.5 Å². The molecule has 2 saturated heterocycles. The van der Waals surface area contributed by atoms with Crippen LogP contribution in [0.4, 0.5) is 4.39 Å².